The summed E-state index contributed by atoms with van der Waals surface area (Å²) in [6, 6.07) is 0. The monoisotopic (exact) mass is 186 g/mol. The molecule has 0 aromatic carbocycles. The highest BCUT2D eigenvalue weighted by Gasteiger charge is 2.30. The Morgan fingerprint density at radius 1 is 1.62 bits per heavy atom. The molecule has 2 unspecified atom stereocenters. The fourth-order valence-electron chi connectivity index (χ4n) is 1.46. The van der Waals surface area contributed by atoms with Crippen molar-refractivity contribution in [1.82, 2.24) is 0 Å². The van der Waals surface area contributed by atoms with Gasteiger partial charge in [-0.2, -0.15) is 0 Å². The number of hydrogen-bond acceptors (Lipinski definition) is 4. The van der Waals surface area contributed by atoms with E-state index in [4.69, 9.17) is 0 Å². The fraction of sp³-hybridized carbons (Fsp3) is 0.667. The van der Waals surface area contributed by atoms with Crippen LogP contribution in [0.1, 0.15) is 13.3 Å². The van der Waals surface area contributed by atoms with E-state index in [1.807, 2.05) is 0 Å². The van der Waals surface area contributed by atoms with Crippen LogP contribution in [-0.2, 0) is 9.53 Å². The first-order chi connectivity index (χ1) is 6.06. The van der Waals surface area contributed by atoms with Crippen molar-refractivity contribution in [3.05, 3.63) is 11.6 Å². The number of carbonyl (C=O) groups excluding carboxylic acids is 1. The Morgan fingerprint density at radius 2 is 2.23 bits per heavy atom. The van der Waals surface area contributed by atoms with Crippen LogP contribution in [0.5, 0.6) is 0 Å². The summed E-state index contributed by atoms with van der Waals surface area (Å²) in [5.41, 5.74) is 0.438. The van der Waals surface area contributed by atoms with E-state index < -0.39 is 18.2 Å². The van der Waals surface area contributed by atoms with E-state index >= 15 is 0 Å². The maximum absolute atomic E-state index is 11.1. The van der Waals surface area contributed by atoms with E-state index in [-0.39, 0.29) is 5.92 Å². The third-order valence-corrected chi connectivity index (χ3v) is 2.29. The van der Waals surface area contributed by atoms with E-state index in [0.29, 0.717) is 12.0 Å². The molecule has 0 bridgehead atoms. The third kappa shape index (κ3) is 2.08. The Hall–Kier alpha value is -0.870. The van der Waals surface area contributed by atoms with Crippen molar-refractivity contribution in [1.29, 1.82) is 0 Å². The van der Waals surface area contributed by atoms with Crippen LogP contribution in [0.15, 0.2) is 11.6 Å². The third-order valence-electron chi connectivity index (χ3n) is 2.29. The van der Waals surface area contributed by atoms with Gasteiger partial charge in [-0.25, -0.2) is 4.79 Å². The highest BCUT2D eigenvalue weighted by Crippen LogP contribution is 2.24. The lowest BCUT2D eigenvalue weighted by Crippen LogP contribution is -2.35. The minimum atomic E-state index is -0.960. The standard InChI is InChI=1S/C9H14O4/c1-5-3-6(9(12)13-2)4-7(10)8(5)11/h4-5,7-8,10-11H,3H2,1-2H3/t5-,7?,8?/m1/s1. The van der Waals surface area contributed by atoms with Crippen LogP contribution in [0, 0.1) is 5.92 Å². The first kappa shape index (κ1) is 10.2. The Kier molecular flexibility index (Phi) is 3.06. The van der Waals surface area contributed by atoms with E-state index in [2.05, 4.69) is 4.74 Å². The van der Waals surface area contributed by atoms with Gasteiger partial charge in [0.05, 0.1) is 19.3 Å². The van der Waals surface area contributed by atoms with Crippen LogP contribution < -0.4 is 0 Å². The predicted octanol–water partition coefficient (Wildman–Crippen LogP) is -0.153. The van der Waals surface area contributed by atoms with Gasteiger partial charge in [0.15, 0.2) is 0 Å². The van der Waals surface area contributed by atoms with Gasteiger partial charge in [-0.1, -0.05) is 6.92 Å². The molecule has 0 heterocycles. The molecule has 1 rings (SSSR count). The van der Waals surface area contributed by atoms with Crippen molar-refractivity contribution in [2.24, 2.45) is 5.92 Å². The lowest BCUT2D eigenvalue weighted by molar-refractivity contribution is -0.137. The van der Waals surface area contributed by atoms with E-state index in [1.165, 1.54) is 13.2 Å². The zero-order valence-corrected chi connectivity index (χ0v) is 7.73. The summed E-state index contributed by atoms with van der Waals surface area (Å²) in [5.74, 6) is -0.549. The summed E-state index contributed by atoms with van der Waals surface area (Å²) >= 11 is 0. The lowest BCUT2D eigenvalue weighted by Gasteiger charge is -2.27. The van der Waals surface area contributed by atoms with Crippen molar-refractivity contribution in [2.45, 2.75) is 25.6 Å². The number of methoxy groups -OCH3 is 1. The highest BCUT2D eigenvalue weighted by atomic mass is 16.5. The topological polar surface area (TPSA) is 66.8 Å². The molecule has 0 aromatic rings. The second-order valence-corrected chi connectivity index (χ2v) is 3.35. The molecule has 4 nitrogen and oxygen atoms in total. The van der Waals surface area contributed by atoms with Gasteiger partial charge >= 0.3 is 5.97 Å². The molecule has 0 saturated carbocycles. The molecule has 0 amide bonds. The van der Waals surface area contributed by atoms with Crippen molar-refractivity contribution >= 4 is 5.97 Å². The fourth-order valence-corrected chi connectivity index (χ4v) is 1.46. The minimum absolute atomic E-state index is 0.117. The summed E-state index contributed by atoms with van der Waals surface area (Å²) in [5, 5.41) is 18.7. The number of aliphatic hydroxyl groups is 2. The van der Waals surface area contributed by atoms with Gasteiger partial charge in [0, 0.05) is 5.57 Å². The SMILES string of the molecule is COC(=O)C1=CC(O)C(O)[C@H](C)C1. The second-order valence-electron chi connectivity index (χ2n) is 3.35. The minimum Gasteiger partial charge on any atom is -0.466 e. The second kappa shape index (κ2) is 3.89. The van der Waals surface area contributed by atoms with Gasteiger partial charge < -0.3 is 14.9 Å². The molecule has 0 aliphatic heterocycles. The van der Waals surface area contributed by atoms with Crippen LogP contribution in [0.4, 0.5) is 0 Å². The van der Waals surface area contributed by atoms with Crippen LogP contribution >= 0.6 is 0 Å². The van der Waals surface area contributed by atoms with E-state index in [0.717, 1.165) is 0 Å². The van der Waals surface area contributed by atoms with Crippen LogP contribution in [0.2, 0.25) is 0 Å². The largest absolute Gasteiger partial charge is 0.466 e. The first-order valence-corrected chi connectivity index (χ1v) is 4.21. The summed E-state index contributed by atoms with van der Waals surface area (Å²) in [4.78, 5) is 11.1. The Balaban J connectivity index is 2.78. The number of ether oxygens (including phenoxy) is 1. The van der Waals surface area contributed by atoms with Gasteiger partial charge in [0.25, 0.3) is 0 Å². The first-order valence-electron chi connectivity index (χ1n) is 4.21. The number of hydrogen-bond donors (Lipinski definition) is 2. The smallest absolute Gasteiger partial charge is 0.333 e. The number of esters is 1. The van der Waals surface area contributed by atoms with E-state index in [1.54, 1.807) is 6.92 Å². The molecule has 0 radical (unpaired) electrons. The zero-order chi connectivity index (χ0) is 10.0. The molecule has 0 fully saturated rings. The van der Waals surface area contributed by atoms with Crippen molar-refractivity contribution in [3.8, 4) is 0 Å². The average Bonchev–Trinajstić information content (AvgIpc) is 2.12. The number of aliphatic hydroxyl groups excluding tert-OH is 2. The molecule has 3 atom stereocenters. The van der Waals surface area contributed by atoms with Gasteiger partial charge in [-0.3, -0.25) is 0 Å². The van der Waals surface area contributed by atoms with Crippen molar-refractivity contribution in [2.75, 3.05) is 7.11 Å². The molecule has 1 aliphatic carbocycles. The maximum Gasteiger partial charge on any atom is 0.333 e. The Labute approximate surface area is 76.8 Å². The highest BCUT2D eigenvalue weighted by molar-refractivity contribution is 5.88. The van der Waals surface area contributed by atoms with Gasteiger partial charge in [-0.15, -0.1) is 0 Å². The quantitative estimate of drug-likeness (QED) is 0.559. The number of carbonyl (C=O) groups is 1. The Morgan fingerprint density at radius 3 is 2.69 bits per heavy atom. The number of rotatable bonds is 1. The molecular formula is C9H14O4. The molecule has 0 aromatic heterocycles. The van der Waals surface area contributed by atoms with Gasteiger partial charge in [0.1, 0.15) is 0 Å². The average molecular weight is 186 g/mol. The molecule has 0 saturated heterocycles. The normalized spacial score (nSPS) is 33.8. The van der Waals surface area contributed by atoms with Crippen molar-refractivity contribution in [3.63, 3.8) is 0 Å². The summed E-state index contributed by atoms with van der Waals surface area (Å²) in [6.45, 7) is 1.78. The molecule has 13 heavy (non-hydrogen) atoms. The van der Waals surface area contributed by atoms with Crippen LogP contribution in [0.25, 0.3) is 0 Å². The molecule has 0 spiro atoms. The molecule has 4 heteroatoms. The predicted molar refractivity (Wildman–Crippen MR) is 45.9 cm³/mol. The zero-order valence-electron chi connectivity index (χ0n) is 7.73. The molecule has 2 N–H and O–H groups in total. The molecule has 74 valence electrons. The van der Waals surface area contributed by atoms with Gasteiger partial charge in [0.2, 0.25) is 0 Å². The summed E-state index contributed by atoms with van der Waals surface area (Å²) in [6.07, 6.45) is 0.0627. The lowest BCUT2D eigenvalue weighted by atomic mass is 9.86. The summed E-state index contributed by atoms with van der Waals surface area (Å²) < 4.78 is 4.52. The van der Waals surface area contributed by atoms with Crippen LogP contribution in [0.3, 0.4) is 0 Å². The van der Waals surface area contributed by atoms with E-state index in [9.17, 15) is 15.0 Å². The van der Waals surface area contributed by atoms with Gasteiger partial charge in [-0.05, 0) is 18.4 Å². The Bertz CT molecular complexity index is 234. The maximum atomic E-state index is 11.1. The molecular weight excluding hydrogens is 172 g/mol. The van der Waals surface area contributed by atoms with Crippen molar-refractivity contribution < 1.29 is 19.7 Å². The van der Waals surface area contributed by atoms with Crippen LogP contribution in [-0.4, -0.2) is 35.5 Å². The molecule has 1 aliphatic rings. The summed E-state index contributed by atoms with van der Waals surface area (Å²) in [7, 11) is 1.30.